The largest absolute Gasteiger partial charge is 0.448 e. The minimum Gasteiger partial charge on any atom is -0.448 e. The van der Waals surface area contributed by atoms with E-state index in [0.29, 0.717) is 18.1 Å². The molecule has 1 rings (SSSR count). The molecule has 0 aliphatic rings. The first-order valence-corrected chi connectivity index (χ1v) is 5.83. The van der Waals surface area contributed by atoms with Gasteiger partial charge in [0.2, 0.25) is 0 Å². The van der Waals surface area contributed by atoms with Crippen LogP contribution in [0, 0.1) is 0 Å². The lowest BCUT2D eigenvalue weighted by Crippen LogP contribution is -2.23. The van der Waals surface area contributed by atoms with Crippen LogP contribution < -0.4 is 11.1 Å². The summed E-state index contributed by atoms with van der Waals surface area (Å²) < 4.78 is 5.44. The van der Waals surface area contributed by atoms with Gasteiger partial charge in [-0.25, -0.2) is 4.79 Å². The van der Waals surface area contributed by atoms with Gasteiger partial charge in [0.15, 0.2) is 0 Å². The van der Waals surface area contributed by atoms with Gasteiger partial charge in [0.1, 0.15) is 6.61 Å². The van der Waals surface area contributed by atoms with Crippen molar-refractivity contribution in [2.45, 2.75) is 6.54 Å². The normalized spacial score (nSPS) is 10.1. The van der Waals surface area contributed by atoms with E-state index in [-0.39, 0.29) is 6.61 Å². The van der Waals surface area contributed by atoms with Crippen LogP contribution in [0.4, 0.5) is 4.79 Å². The summed E-state index contributed by atoms with van der Waals surface area (Å²) in [5.41, 5.74) is 5.87. The first-order chi connectivity index (χ1) is 7.59. The van der Waals surface area contributed by atoms with Crippen molar-refractivity contribution in [3.8, 4) is 0 Å². The van der Waals surface area contributed by atoms with Gasteiger partial charge in [0, 0.05) is 17.6 Å². The number of rotatable bonds is 5. The van der Waals surface area contributed by atoms with Crippen molar-refractivity contribution in [3.05, 3.63) is 33.3 Å². The van der Waals surface area contributed by atoms with Gasteiger partial charge >= 0.3 is 6.09 Å². The molecule has 0 fully saturated rings. The second-order valence-corrected chi connectivity index (χ2v) is 4.35. The van der Waals surface area contributed by atoms with Gasteiger partial charge in [0.05, 0.1) is 5.02 Å². The monoisotopic (exact) mass is 306 g/mol. The molecule has 0 heterocycles. The molecule has 0 saturated heterocycles. The van der Waals surface area contributed by atoms with Crippen LogP contribution >= 0.6 is 27.5 Å². The van der Waals surface area contributed by atoms with E-state index in [2.05, 4.69) is 26.0 Å². The number of amides is 1. The number of nitrogens with two attached hydrogens (primary N) is 1. The van der Waals surface area contributed by atoms with Crippen molar-refractivity contribution in [3.63, 3.8) is 0 Å². The van der Waals surface area contributed by atoms with Crippen molar-refractivity contribution in [2.75, 3.05) is 13.2 Å². The molecular weight excluding hydrogens is 295 g/mol. The summed E-state index contributed by atoms with van der Waals surface area (Å²) in [6.07, 6.45) is -0.756. The third-order valence-corrected chi connectivity index (χ3v) is 3.07. The second-order valence-electron chi connectivity index (χ2n) is 3.09. The fourth-order valence-corrected chi connectivity index (χ4v) is 1.56. The maximum Gasteiger partial charge on any atom is 0.404 e. The van der Waals surface area contributed by atoms with E-state index >= 15 is 0 Å². The number of hydrogen-bond acceptors (Lipinski definition) is 3. The topological polar surface area (TPSA) is 64.4 Å². The fourth-order valence-electron chi connectivity index (χ4n) is 1.11. The minimum absolute atomic E-state index is 0.263. The number of benzene rings is 1. The van der Waals surface area contributed by atoms with E-state index in [4.69, 9.17) is 17.3 Å². The van der Waals surface area contributed by atoms with Crippen molar-refractivity contribution in [1.82, 2.24) is 5.32 Å². The van der Waals surface area contributed by atoms with E-state index in [1.807, 2.05) is 18.2 Å². The molecule has 0 radical (unpaired) electrons. The van der Waals surface area contributed by atoms with E-state index in [9.17, 15) is 4.79 Å². The highest BCUT2D eigenvalue weighted by Crippen LogP contribution is 2.22. The average molecular weight is 308 g/mol. The summed E-state index contributed by atoms with van der Waals surface area (Å²) in [4.78, 5) is 10.3. The third-order valence-electron chi connectivity index (χ3n) is 1.84. The lowest BCUT2D eigenvalue weighted by Gasteiger charge is -2.06. The predicted octanol–water partition coefficient (Wildman–Crippen LogP) is 2.29. The summed E-state index contributed by atoms with van der Waals surface area (Å²) in [5, 5.41) is 3.77. The number of halogens is 2. The Kier molecular flexibility index (Phi) is 5.59. The first-order valence-electron chi connectivity index (χ1n) is 4.66. The molecule has 0 saturated carbocycles. The zero-order valence-electron chi connectivity index (χ0n) is 8.50. The van der Waals surface area contributed by atoms with Crippen LogP contribution in [0.15, 0.2) is 22.7 Å². The van der Waals surface area contributed by atoms with Gasteiger partial charge < -0.3 is 15.8 Å². The van der Waals surface area contributed by atoms with Gasteiger partial charge in [-0.3, -0.25) is 0 Å². The number of ether oxygens (including phenoxy) is 1. The maximum atomic E-state index is 10.3. The lowest BCUT2D eigenvalue weighted by molar-refractivity contribution is 0.157. The Balaban J connectivity index is 2.27. The van der Waals surface area contributed by atoms with Crippen LogP contribution in [0.5, 0.6) is 0 Å². The standard InChI is InChI=1S/C10H12BrClN2O2/c11-8-2-1-7(5-9(8)12)6-14-3-4-16-10(13)15/h1-2,5,14H,3-4,6H2,(H2,13,15). The van der Waals surface area contributed by atoms with E-state index < -0.39 is 6.09 Å². The molecular formula is C10H12BrClN2O2. The molecule has 0 spiro atoms. The van der Waals surface area contributed by atoms with Crippen LogP contribution in [-0.4, -0.2) is 19.2 Å². The first kappa shape index (κ1) is 13.3. The summed E-state index contributed by atoms with van der Waals surface area (Å²) >= 11 is 9.25. The van der Waals surface area contributed by atoms with Crippen LogP contribution in [-0.2, 0) is 11.3 Å². The molecule has 0 aromatic heterocycles. The number of primary amides is 1. The summed E-state index contributed by atoms with van der Waals surface area (Å²) in [5.74, 6) is 0. The number of carbonyl (C=O) groups excluding carboxylic acids is 1. The molecule has 16 heavy (non-hydrogen) atoms. The quantitative estimate of drug-likeness (QED) is 0.820. The molecule has 0 atom stereocenters. The Bertz CT molecular complexity index is 374. The SMILES string of the molecule is NC(=O)OCCNCc1ccc(Br)c(Cl)c1. The molecule has 1 amide bonds. The molecule has 1 aromatic rings. The molecule has 0 bridgehead atoms. The molecule has 3 N–H and O–H groups in total. The second kappa shape index (κ2) is 6.73. The molecule has 88 valence electrons. The van der Waals surface area contributed by atoms with Gasteiger partial charge in [-0.1, -0.05) is 17.7 Å². The molecule has 6 heteroatoms. The van der Waals surface area contributed by atoms with Crippen LogP contribution in [0.1, 0.15) is 5.56 Å². The highest BCUT2D eigenvalue weighted by Gasteiger charge is 1.99. The Hall–Kier alpha value is -0.780. The summed E-state index contributed by atoms with van der Waals surface area (Å²) in [7, 11) is 0. The maximum absolute atomic E-state index is 10.3. The van der Waals surface area contributed by atoms with Crippen molar-refractivity contribution >= 4 is 33.6 Å². The molecule has 0 unspecified atom stereocenters. The zero-order valence-corrected chi connectivity index (χ0v) is 10.8. The number of hydrogen-bond donors (Lipinski definition) is 2. The van der Waals surface area contributed by atoms with E-state index in [1.165, 1.54) is 0 Å². The fraction of sp³-hybridized carbons (Fsp3) is 0.300. The molecule has 4 nitrogen and oxygen atoms in total. The molecule has 1 aromatic carbocycles. The molecule has 0 aliphatic heterocycles. The Morgan fingerprint density at radius 2 is 2.31 bits per heavy atom. The van der Waals surface area contributed by atoms with Crippen LogP contribution in [0.3, 0.4) is 0 Å². The van der Waals surface area contributed by atoms with Gasteiger partial charge in [-0.2, -0.15) is 0 Å². The van der Waals surface area contributed by atoms with Crippen LogP contribution in [0.25, 0.3) is 0 Å². The number of nitrogens with one attached hydrogen (secondary N) is 1. The van der Waals surface area contributed by atoms with Crippen LogP contribution in [0.2, 0.25) is 5.02 Å². The Morgan fingerprint density at radius 3 is 2.94 bits per heavy atom. The minimum atomic E-state index is -0.756. The number of carbonyl (C=O) groups is 1. The highest BCUT2D eigenvalue weighted by molar-refractivity contribution is 9.10. The van der Waals surface area contributed by atoms with Gasteiger partial charge in [-0.05, 0) is 33.6 Å². The van der Waals surface area contributed by atoms with Crippen molar-refractivity contribution in [2.24, 2.45) is 5.73 Å². The van der Waals surface area contributed by atoms with Crippen molar-refractivity contribution in [1.29, 1.82) is 0 Å². The van der Waals surface area contributed by atoms with E-state index in [0.717, 1.165) is 10.0 Å². The molecule has 0 aliphatic carbocycles. The summed E-state index contributed by atoms with van der Waals surface area (Å²) in [6.45, 7) is 1.48. The third kappa shape index (κ3) is 4.83. The summed E-state index contributed by atoms with van der Waals surface area (Å²) in [6, 6.07) is 5.71. The Morgan fingerprint density at radius 1 is 1.56 bits per heavy atom. The average Bonchev–Trinajstić information content (AvgIpc) is 2.22. The van der Waals surface area contributed by atoms with E-state index in [1.54, 1.807) is 0 Å². The van der Waals surface area contributed by atoms with Gasteiger partial charge in [-0.15, -0.1) is 0 Å². The Labute approximate surface area is 107 Å². The predicted molar refractivity (Wildman–Crippen MR) is 66.4 cm³/mol. The van der Waals surface area contributed by atoms with Gasteiger partial charge in [0.25, 0.3) is 0 Å². The lowest BCUT2D eigenvalue weighted by atomic mass is 10.2. The highest BCUT2D eigenvalue weighted by atomic mass is 79.9. The zero-order chi connectivity index (χ0) is 12.0. The van der Waals surface area contributed by atoms with Crippen molar-refractivity contribution < 1.29 is 9.53 Å². The smallest absolute Gasteiger partial charge is 0.404 e.